The Labute approximate surface area is 196 Å². The molecule has 1 fully saturated rings. The largest absolute Gasteiger partial charge is 0.354 e. The highest BCUT2D eigenvalue weighted by Gasteiger charge is 2.28. The van der Waals surface area contributed by atoms with Gasteiger partial charge in [-0.05, 0) is 50.1 Å². The summed E-state index contributed by atoms with van der Waals surface area (Å²) in [5, 5.41) is 15.7. The van der Waals surface area contributed by atoms with Gasteiger partial charge >= 0.3 is 0 Å². The van der Waals surface area contributed by atoms with Gasteiger partial charge in [0.05, 0.1) is 17.3 Å². The van der Waals surface area contributed by atoms with Crippen LogP contribution < -0.4 is 15.8 Å². The molecule has 34 heavy (non-hydrogen) atoms. The lowest BCUT2D eigenvalue weighted by Gasteiger charge is -2.32. The molecule has 0 bridgehead atoms. The predicted octanol–water partition coefficient (Wildman–Crippen LogP) is 2.32. The smallest absolute Gasteiger partial charge is 0.295 e. The number of anilines is 2. The molecule has 10 heteroatoms. The maximum atomic E-state index is 13.2. The second kappa shape index (κ2) is 8.97. The van der Waals surface area contributed by atoms with E-state index in [1.807, 2.05) is 68.7 Å². The molecular weight excluding hydrogens is 432 g/mol. The summed E-state index contributed by atoms with van der Waals surface area (Å²) in [6.07, 6.45) is 5.09. The van der Waals surface area contributed by atoms with Gasteiger partial charge in [0.15, 0.2) is 11.6 Å². The molecule has 0 aliphatic carbocycles. The Bertz CT molecular complexity index is 1340. The number of hydrogen-bond donors (Lipinski definition) is 1. The molecule has 1 unspecified atom stereocenters. The van der Waals surface area contributed by atoms with Crippen molar-refractivity contribution in [2.24, 2.45) is 13.0 Å². The summed E-state index contributed by atoms with van der Waals surface area (Å²) in [6.45, 7) is 3.14. The third-order valence-corrected chi connectivity index (χ3v) is 6.29. The lowest BCUT2D eigenvalue weighted by Crippen LogP contribution is -2.41. The van der Waals surface area contributed by atoms with E-state index in [2.05, 4.69) is 25.5 Å². The van der Waals surface area contributed by atoms with Gasteiger partial charge in [0.25, 0.3) is 5.56 Å². The van der Waals surface area contributed by atoms with Crippen LogP contribution in [0.4, 0.5) is 11.5 Å². The number of carbonyl (C=O) groups is 1. The predicted molar refractivity (Wildman–Crippen MR) is 128 cm³/mol. The maximum absolute atomic E-state index is 13.2. The first-order valence-electron chi connectivity index (χ1n) is 11.3. The van der Waals surface area contributed by atoms with E-state index in [0.717, 1.165) is 30.9 Å². The third-order valence-electron chi connectivity index (χ3n) is 6.29. The molecule has 1 amide bonds. The molecule has 4 heterocycles. The van der Waals surface area contributed by atoms with E-state index < -0.39 is 0 Å². The van der Waals surface area contributed by atoms with E-state index in [1.165, 1.54) is 0 Å². The first-order chi connectivity index (χ1) is 16.5. The number of amides is 1. The number of aromatic nitrogens is 6. The molecule has 3 aromatic heterocycles. The van der Waals surface area contributed by atoms with Crippen molar-refractivity contribution in [1.82, 2.24) is 29.3 Å². The summed E-state index contributed by atoms with van der Waals surface area (Å²) in [5.41, 5.74) is 1.53. The molecule has 174 valence electrons. The first kappa shape index (κ1) is 21.6. The minimum absolute atomic E-state index is 0.156. The summed E-state index contributed by atoms with van der Waals surface area (Å²) in [4.78, 5) is 28.4. The first-order valence-corrected chi connectivity index (χ1v) is 11.3. The van der Waals surface area contributed by atoms with Gasteiger partial charge in [-0.2, -0.15) is 5.10 Å². The number of nitrogens with zero attached hydrogens (tertiary/aromatic N) is 7. The summed E-state index contributed by atoms with van der Waals surface area (Å²) in [6, 6.07) is 15.0. The fourth-order valence-electron chi connectivity index (χ4n) is 4.35. The summed E-state index contributed by atoms with van der Waals surface area (Å²) in [5.74, 6) is 0.937. The zero-order chi connectivity index (χ0) is 23.7. The molecule has 1 aromatic carbocycles. The number of carbonyl (C=O) groups excluding carboxylic acids is 1. The number of para-hydroxylation sites is 1. The van der Waals surface area contributed by atoms with Gasteiger partial charge in [-0.1, -0.05) is 18.2 Å². The van der Waals surface area contributed by atoms with Crippen molar-refractivity contribution in [3.8, 4) is 11.5 Å². The Hall–Kier alpha value is -4.21. The zero-order valence-corrected chi connectivity index (χ0v) is 19.1. The summed E-state index contributed by atoms with van der Waals surface area (Å²) >= 11 is 0. The lowest BCUT2D eigenvalue weighted by molar-refractivity contribution is -0.120. The van der Waals surface area contributed by atoms with E-state index in [4.69, 9.17) is 0 Å². The number of piperidine rings is 1. The fourth-order valence-corrected chi connectivity index (χ4v) is 4.35. The van der Waals surface area contributed by atoms with Crippen LogP contribution in [0, 0.1) is 12.8 Å². The van der Waals surface area contributed by atoms with Crippen molar-refractivity contribution >= 4 is 17.4 Å². The van der Waals surface area contributed by atoms with Crippen molar-refractivity contribution < 1.29 is 4.79 Å². The molecule has 1 aliphatic heterocycles. The monoisotopic (exact) mass is 458 g/mol. The molecule has 4 aromatic rings. The number of hydrogen-bond acceptors (Lipinski definition) is 6. The van der Waals surface area contributed by atoms with E-state index in [9.17, 15) is 9.59 Å². The molecule has 1 saturated heterocycles. The van der Waals surface area contributed by atoms with Crippen LogP contribution in [0.1, 0.15) is 18.5 Å². The minimum atomic E-state index is -0.259. The number of nitrogens with one attached hydrogen (secondary N) is 1. The lowest BCUT2D eigenvalue weighted by atomic mass is 9.97. The molecule has 5 rings (SSSR count). The molecule has 1 aliphatic rings. The highest BCUT2D eigenvalue weighted by atomic mass is 16.2. The Morgan fingerprint density at radius 2 is 1.82 bits per heavy atom. The second-order valence-corrected chi connectivity index (χ2v) is 8.41. The minimum Gasteiger partial charge on any atom is -0.354 e. The maximum Gasteiger partial charge on any atom is 0.295 e. The van der Waals surface area contributed by atoms with Crippen molar-refractivity contribution in [3.05, 3.63) is 77.0 Å². The van der Waals surface area contributed by atoms with Gasteiger partial charge in [-0.15, -0.1) is 10.2 Å². The molecule has 0 spiro atoms. The van der Waals surface area contributed by atoms with Gasteiger partial charge < -0.3 is 10.2 Å². The van der Waals surface area contributed by atoms with Crippen LogP contribution in [-0.2, 0) is 11.8 Å². The Balaban J connectivity index is 1.32. The van der Waals surface area contributed by atoms with Gasteiger partial charge in [0.1, 0.15) is 5.69 Å². The standard InChI is InChI=1S/C24H26N8O2/c1-17-22(24(34)32(29(17)2)19-9-4-3-5-10-19)26-23(33)18-8-6-14-30(16-18)20-11-12-21(28-27-20)31-15-7-13-25-31/h3-5,7,9-13,15,18H,6,8,14,16H2,1-2H3,(H,26,33). The average Bonchev–Trinajstić information content (AvgIpc) is 3.49. The van der Waals surface area contributed by atoms with Crippen molar-refractivity contribution in [2.75, 3.05) is 23.3 Å². The van der Waals surface area contributed by atoms with E-state index >= 15 is 0 Å². The van der Waals surface area contributed by atoms with E-state index in [-0.39, 0.29) is 17.4 Å². The van der Waals surface area contributed by atoms with Crippen LogP contribution in [0.2, 0.25) is 0 Å². The Morgan fingerprint density at radius 1 is 1.06 bits per heavy atom. The normalized spacial score (nSPS) is 15.9. The number of benzene rings is 1. The van der Waals surface area contributed by atoms with Crippen LogP contribution >= 0.6 is 0 Å². The Kier molecular flexibility index (Phi) is 5.70. The highest BCUT2D eigenvalue weighted by Crippen LogP contribution is 2.23. The SMILES string of the molecule is Cc1c(NC(=O)C2CCCN(c3ccc(-n4cccn4)nn3)C2)c(=O)n(-c2ccccc2)n1C. The summed E-state index contributed by atoms with van der Waals surface area (Å²) in [7, 11) is 1.81. The van der Waals surface area contributed by atoms with Crippen LogP contribution in [0.3, 0.4) is 0 Å². The molecule has 0 saturated carbocycles. The van der Waals surface area contributed by atoms with Crippen LogP contribution in [-0.4, -0.2) is 48.3 Å². The molecular formula is C24H26N8O2. The quantitative estimate of drug-likeness (QED) is 0.492. The molecule has 0 radical (unpaired) electrons. The highest BCUT2D eigenvalue weighted by molar-refractivity contribution is 5.93. The average molecular weight is 459 g/mol. The summed E-state index contributed by atoms with van der Waals surface area (Å²) < 4.78 is 4.97. The number of rotatable bonds is 5. The van der Waals surface area contributed by atoms with Crippen molar-refractivity contribution in [1.29, 1.82) is 0 Å². The fraction of sp³-hybridized carbons (Fsp3) is 0.292. The van der Waals surface area contributed by atoms with E-state index in [1.54, 1.807) is 20.2 Å². The van der Waals surface area contributed by atoms with Gasteiger partial charge in [-0.3, -0.25) is 14.3 Å². The van der Waals surface area contributed by atoms with Gasteiger partial charge in [0, 0.05) is 32.5 Å². The Morgan fingerprint density at radius 3 is 2.53 bits per heavy atom. The zero-order valence-electron chi connectivity index (χ0n) is 19.1. The molecule has 1 atom stereocenters. The van der Waals surface area contributed by atoms with Crippen molar-refractivity contribution in [2.45, 2.75) is 19.8 Å². The third kappa shape index (κ3) is 3.98. The second-order valence-electron chi connectivity index (χ2n) is 8.41. The topological polar surface area (TPSA) is 103 Å². The van der Waals surface area contributed by atoms with Crippen LogP contribution in [0.15, 0.2) is 65.7 Å². The van der Waals surface area contributed by atoms with E-state index in [0.29, 0.717) is 23.7 Å². The van der Waals surface area contributed by atoms with Crippen LogP contribution in [0.5, 0.6) is 0 Å². The molecule has 10 nitrogen and oxygen atoms in total. The molecule has 1 N–H and O–H groups in total. The van der Waals surface area contributed by atoms with Crippen molar-refractivity contribution in [3.63, 3.8) is 0 Å². The van der Waals surface area contributed by atoms with Crippen LogP contribution in [0.25, 0.3) is 11.5 Å². The van der Waals surface area contributed by atoms with Gasteiger partial charge in [0.2, 0.25) is 5.91 Å². The van der Waals surface area contributed by atoms with Gasteiger partial charge in [-0.25, -0.2) is 9.36 Å².